The number of nitrogens with one attached hydrogen (secondary N) is 2. The molecule has 0 atom stereocenters. The molecule has 4 nitrogen and oxygen atoms in total. The van der Waals surface area contributed by atoms with Crippen molar-refractivity contribution in [2.24, 2.45) is 5.92 Å². The molecular formula is C15H21ClN2O2. The van der Waals surface area contributed by atoms with Crippen LogP contribution in [-0.2, 0) is 11.2 Å². The third kappa shape index (κ3) is 3.87. The van der Waals surface area contributed by atoms with E-state index in [0.29, 0.717) is 13.2 Å². The summed E-state index contributed by atoms with van der Waals surface area (Å²) in [4.78, 5) is 12.0. The number of fused-ring (bicyclic) bond motifs is 1. The van der Waals surface area contributed by atoms with Gasteiger partial charge in [0, 0.05) is 30.9 Å². The zero-order chi connectivity index (χ0) is 13.1. The molecule has 0 unspecified atom stereocenters. The first-order chi connectivity index (χ1) is 9.33. The van der Waals surface area contributed by atoms with Crippen molar-refractivity contribution in [3.8, 4) is 0 Å². The Labute approximate surface area is 125 Å². The van der Waals surface area contributed by atoms with Crippen molar-refractivity contribution >= 4 is 24.0 Å². The molecule has 1 fully saturated rings. The van der Waals surface area contributed by atoms with Gasteiger partial charge in [-0.05, 0) is 48.9 Å². The molecule has 0 aromatic heterocycles. The van der Waals surface area contributed by atoms with E-state index >= 15 is 0 Å². The number of amides is 1. The number of ether oxygens (including phenoxy) is 1. The number of carbonyl (C=O) groups is 1. The van der Waals surface area contributed by atoms with Crippen molar-refractivity contribution in [1.82, 2.24) is 5.32 Å². The minimum atomic E-state index is -0.00952. The highest BCUT2D eigenvalue weighted by atomic mass is 35.5. The second kappa shape index (κ2) is 6.95. The lowest BCUT2D eigenvalue weighted by Gasteiger charge is -2.07. The van der Waals surface area contributed by atoms with Gasteiger partial charge in [-0.3, -0.25) is 4.79 Å². The second-order valence-corrected chi connectivity index (χ2v) is 5.32. The monoisotopic (exact) mass is 296 g/mol. The van der Waals surface area contributed by atoms with Crippen LogP contribution in [0.25, 0.3) is 0 Å². The third-order valence-corrected chi connectivity index (χ3v) is 3.66. The Bertz CT molecular complexity index is 475. The van der Waals surface area contributed by atoms with E-state index in [0.717, 1.165) is 36.7 Å². The smallest absolute Gasteiger partial charge is 0.251 e. The van der Waals surface area contributed by atoms with Crippen LogP contribution in [0.15, 0.2) is 18.2 Å². The molecular weight excluding hydrogens is 276 g/mol. The van der Waals surface area contributed by atoms with Crippen LogP contribution in [0.5, 0.6) is 0 Å². The fraction of sp³-hybridized carbons (Fsp3) is 0.533. The van der Waals surface area contributed by atoms with Crippen molar-refractivity contribution < 1.29 is 9.53 Å². The standard InChI is InChI=1S/C15H20N2O2.ClH/c18-15(17-7-8-19-10-11-1-2-11)13-3-4-14-12(9-13)5-6-16-14;/h3-4,9,11,16H,1-2,5-8,10H2,(H,17,18);1H. The number of rotatable bonds is 6. The highest BCUT2D eigenvalue weighted by Gasteiger charge is 2.20. The summed E-state index contributed by atoms with van der Waals surface area (Å²) in [6.45, 7) is 3.01. The van der Waals surface area contributed by atoms with Crippen LogP contribution in [0.1, 0.15) is 28.8 Å². The maximum atomic E-state index is 12.0. The fourth-order valence-corrected chi connectivity index (χ4v) is 2.32. The Kier molecular flexibility index (Phi) is 5.26. The summed E-state index contributed by atoms with van der Waals surface area (Å²) in [6.07, 6.45) is 3.60. The Morgan fingerprint density at radius 3 is 3.05 bits per heavy atom. The molecule has 2 aliphatic rings. The van der Waals surface area contributed by atoms with Crippen molar-refractivity contribution in [2.75, 3.05) is 31.6 Å². The number of carbonyl (C=O) groups excluding carboxylic acids is 1. The van der Waals surface area contributed by atoms with Crippen molar-refractivity contribution in [1.29, 1.82) is 0 Å². The van der Waals surface area contributed by atoms with Gasteiger partial charge in [-0.1, -0.05) is 0 Å². The van der Waals surface area contributed by atoms with Gasteiger partial charge in [0.2, 0.25) is 0 Å². The zero-order valence-electron chi connectivity index (χ0n) is 11.5. The average Bonchev–Trinajstić information content (AvgIpc) is 3.13. The first-order valence-electron chi connectivity index (χ1n) is 7.05. The maximum absolute atomic E-state index is 12.0. The largest absolute Gasteiger partial charge is 0.384 e. The highest BCUT2D eigenvalue weighted by molar-refractivity contribution is 5.95. The summed E-state index contributed by atoms with van der Waals surface area (Å²) in [5.41, 5.74) is 3.13. The summed E-state index contributed by atoms with van der Waals surface area (Å²) >= 11 is 0. The van der Waals surface area contributed by atoms with Gasteiger partial charge < -0.3 is 15.4 Å². The van der Waals surface area contributed by atoms with Crippen LogP contribution in [-0.4, -0.2) is 32.2 Å². The van der Waals surface area contributed by atoms with Crippen LogP contribution in [0.2, 0.25) is 0 Å². The molecule has 1 saturated carbocycles. The first-order valence-corrected chi connectivity index (χ1v) is 7.05. The summed E-state index contributed by atoms with van der Waals surface area (Å²) in [5.74, 6) is 0.768. The van der Waals surface area contributed by atoms with Gasteiger partial charge in [0.15, 0.2) is 0 Å². The zero-order valence-corrected chi connectivity index (χ0v) is 12.3. The molecule has 5 heteroatoms. The Hall–Kier alpha value is -1.26. The predicted octanol–water partition coefficient (Wildman–Crippen LogP) is 2.23. The van der Waals surface area contributed by atoms with Crippen LogP contribution >= 0.6 is 12.4 Å². The van der Waals surface area contributed by atoms with E-state index in [1.54, 1.807) is 0 Å². The minimum Gasteiger partial charge on any atom is -0.384 e. The SMILES string of the molecule is Cl.O=C(NCCOCC1CC1)c1ccc2c(c1)CCN2. The van der Waals surface area contributed by atoms with Gasteiger partial charge in [-0.15, -0.1) is 12.4 Å². The van der Waals surface area contributed by atoms with Gasteiger partial charge in [0.25, 0.3) is 5.91 Å². The molecule has 0 saturated heterocycles. The molecule has 0 radical (unpaired) electrons. The number of benzene rings is 1. The van der Waals surface area contributed by atoms with Crippen LogP contribution in [0.4, 0.5) is 5.69 Å². The Morgan fingerprint density at radius 2 is 2.25 bits per heavy atom. The van der Waals surface area contributed by atoms with E-state index in [9.17, 15) is 4.79 Å². The predicted molar refractivity (Wildman–Crippen MR) is 81.8 cm³/mol. The van der Waals surface area contributed by atoms with Crippen molar-refractivity contribution in [3.05, 3.63) is 29.3 Å². The Balaban J connectivity index is 0.00000147. The fourth-order valence-electron chi connectivity index (χ4n) is 2.32. The van der Waals surface area contributed by atoms with Crippen LogP contribution in [0.3, 0.4) is 0 Å². The van der Waals surface area contributed by atoms with Gasteiger partial charge >= 0.3 is 0 Å². The topological polar surface area (TPSA) is 50.4 Å². The molecule has 20 heavy (non-hydrogen) atoms. The average molecular weight is 297 g/mol. The van der Waals surface area contributed by atoms with E-state index < -0.39 is 0 Å². The third-order valence-electron chi connectivity index (χ3n) is 3.66. The van der Waals surface area contributed by atoms with Gasteiger partial charge in [0.1, 0.15) is 0 Å². The van der Waals surface area contributed by atoms with E-state index in [4.69, 9.17) is 4.74 Å². The number of anilines is 1. The molecule has 2 N–H and O–H groups in total. The van der Waals surface area contributed by atoms with Gasteiger partial charge in [-0.2, -0.15) is 0 Å². The van der Waals surface area contributed by atoms with Crippen molar-refractivity contribution in [2.45, 2.75) is 19.3 Å². The molecule has 1 aliphatic carbocycles. The maximum Gasteiger partial charge on any atom is 0.251 e. The van der Waals surface area contributed by atoms with Gasteiger partial charge in [-0.25, -0.2) is 0 Å². The molecule has 1 aromatic carbocycles. The molecule has 1 aromatic rings. The first kappa shape index (κ1) is 15.1. The van der Waals surface area contributed by atoms with E-state index in [1.807, 2.05) is 18.2 Å². The quantitative estimate of drug-likeness (QED) is 0.792. The van der Waals surface area contributed by atoms with E-state index in [1.165, 1.54) is 18.4 Å². The summed E-state index contributed by atoms with van der Waals surface area (Å²) in [7, 11) is 0. The molecule has 110 valence electrons. The molecule has 3 rings (SSSR count). The van der Waals surface area contributed by atoms with Gasteiger partial charge in [0.05, 0.1) is 6.61 Å². The number of hydrogen-bond acceptors (Lipinski definition) is 3. The summed E-state index contributed by atoms with van der Waals surface area (Å²) < 4.78 is 5.49. The summed E-state index contributed by atoms with van der Waals surface area (Å²) in [5, 5.41) is 6.19. The molecule has 1 amide bonds. The molecule has 0 spiro atoms. The number of halogens is 1. The lowest BCUT2D eigenvalue weighted by atomic mass is 10.1. The molecule has 0 bridgehead atoms. The number of hydrogen-bond donors (Lipinski definition) is 2. The summed E-state index contributed by atoms with van der Waals surface area (Å²) in [6, 6.07) is 5.84. The second-order valence-electron chi connectivity index (χ2n) is 5.32. The normalized spacial score (nSPS) is 16.0. The lowest BCUT2D eigenvalue weighted by molar-refractivity contribution is 0.0906. The van der Waals surface area contributed by atoms with Crippen LogP contribution < -0.4 is 10.6 Å². The van der Waals surface area contributed by atoms with Crippen LogP contribution in [0, 0.1) is 5.92 Å². The molecule has 1 aliphatic heterocycles. The Morgan fingerprint density at radius 1 is 1.40 bits per heavy atom. The minimum absolute atomic E-state index is 0. The van der Waals surface area contributed by atoms with Crippen molar-refractivity contribution in [3.63, 3.8) is 0 Å². The lowest BCUT2D eigenvalue weighted by Crippen LogP contribution is -2.27. The highest BCUT2D eigenvalue weighted by Crippen LogP contribution is 2.28. The van der Waals surface area contributed by atoms with E-state index in [-0.39, 0.29) is 18.3 Å². The van der Waals surface area contributed by atoms with E-state index in [2.05, 4.69) is 10.6 Å². The molecule has 1 heterocycles.